The predicted molar refractivity (Wildman–Crippen MR) is 56.5 cm³/mol. The van der Waals surface area contributed by atoms with Crippen LogP contribution in [0.5, 0.6) is 0 Å². The zero-order valence-corrected chi connectivity index (χ0v) is 8.29. The van der Waals surface area contributed by atoms with E-state index in [-0.39, 0.29) is 0 Å². The van der Waals surface area contributed by atoms with Gasteiger partial charge in [-0.05, 0) is 30.9 Å². The summed E-state index contributed by atoms with van der Waals surface area (Å²) in [5.74, 6) is 7.03. The molecule has 0 N–H and O–H groups in total. The van der Waals surface area contributed by atoms with Gasteiger partial charge in [-0.2, -0.15) is 0 Å². The largest absolute Gasteiger partial charge is 0.238 e. The highest BCUT2D eigenvalue weighted by molar-refractivity contribution is 5.27. The van der Waals surface area contributed by atoms with E-state index >= 15 is 0 Å². The SMILES string of the molecule is C(#CC1CCCCC1)c1ccc[c]n1. The summed E-state index contributed by atoms with van der Waals surface area (Å²) in [5, 5.41) is 0. The Hall–Kier alpha value is -1.29. The van der Waals surface area contributed by atoms with Crippen LogP contribution in [-0.4, -0.2) is 4.98 Å². The van der Waals surface area contributed by atoms with Crippen LogP contribution in [0.1, 0.15) is 37.8 Å². The van der Waals surface area contributed by atoms with E-state index < -0.39 is 0 Å². The topological polar surface area (TPSA) is 12.9 Å². The number of rotatable bonds is 0. The Morgan fingerprint density at radius 1 is 1.29 bits per heavy atom. The first-order valence-corrected chi connectivity index (χ1v) is 5.30. The molecule has 0 saturated heterocycles. The molecule has 1 saturated carbocycles. The van der Waals surface area contributed by atoms with Crippen molar-refractivity contribution in [3.8, 4) is 11.8 Å². The molecule has 1 aliphatic rings. The van der Waals surface area contributed by atoms with Crippen LogP contribution in [0.3, 0.4) is 0 Å². The second-order valence-electron chi connectivity index (χ2n) is 3.76. The van der Waals surface area contributed by atoms with E-state index in [2.05, 4.69) is 23.0 Å². The molecule has 1 aromatic heterocycles. The quantitative estimate of drug-likeness (QED) is 0.565. The van der Waals surface area contributed by atoms with Crippen LogP contribution in [-0.2, 0) is 0 Å². The number of pyridine rings is 1. The molecule has 1 nitrogen and oxygen atoms in total. The average molecular weight is 184 g/mol. The Morgan fingerprint density at radius 3 is 2.86 bits per heavy atom. The molecule has 71 valence electrons. The summed E-state index contributed by atoms with van der Waals surface area (Å²) in [6.45, 7) is 0. The minimum absolute atomic E-state index is 0.603. The molecule has 0 spiro atoms. The van der Waals surface area contributed by atoms with Crippen LogP contribution in [0.2, 0.25) is 0 Å². The van der Waals surface area contributed by atoms with Gasteiger partial charge < -0.3 is 0 Å². The zero-order chi connectivity index (χ0) is 9.64. The third kappa shape index (κ3) is 2.60. The van der Waals surface area contributed by atoms with Crippen molar-refractivity contribution in [3.05, 3.63) is 30.1 Å². The molecule has 1 fully saturated rings. The van der Waals surface area contributed by atoms with Gasteiger partial charge in [0.05, 0.1) is 6.20 Å². The van der Waals surface area contributed by atoms with Crippen molar-refractivity contribution >= 4 is 0 Å². The number of aromatic nitrogens is 1. The van der Waals surface area contributed by atoms with Crippen molar-refractivity contribution in [2.75, 3.05) is 0 Å². The molecule has 1 aromatic rings. The number of nitrogens with zero attached hydrogens (tertiary/aromatic N) is 1. The maximum absolute atomic E-state index is 4.06. The van der Waals surface area contributed by atoms with E-state index in [0.29, 0.717) is 5.92 Å². The fourth-order valence-electron chi connectivity index (χ4n) is 1.82. The fourth-order valence-corrected chi connectivity index (χ4v) is 1.82. The first kappa shape index (κ1) is 9.27. The van der Waals surface area contributed by atoms with Crippen LogP contribution in [0, 0.1) is 24.0 Å². The van der Waals surface area contributed by atoms with Crippen LogP contribution >= 0.6 is 0 Å². The molecule has 0 aliphatic heterocycles. The Morgan fingerprint density at radius 2 is 2.14 bits per heavy atom. The minimum atomic E-state index is 0.603. The molecule has 0 aromatic carbocycles. The van der Waals surface area contributed by atoms with Gasteiger partial charge in [-0.3, -0.25) is 0 Å². The van der Waals surface area contributed by atoms with Gasteiger partial charge in [-0.25, -0.2) is 4.98 Å². The van der Waals surface area contributed by atoms with Gasteiger partial charge in [-0.15, -0.1) is 0 Å². The summed E-state index contributed by atoms with van der Waals surface area (Å²) >= 11 is 0. The van der Waals surface area contributed by atoms with Gasteiger partial charge in [0.15, 0.2) is 0 Å². The Kier molecular flexibility index (Phi) is 3.19. The summed E-state index contributed by atoms with van der Waals surface area (Å²) in [6, 6.07) is 5.66. The molecular weight excluding hydrogens is 170 g/mol. The van der Waals surface area contributed by atoms with Gasteiger partial charge in [0, 0.05) is 5.92 Å². The lowest BCUT2D eigenvalue weighted by atomic mass is 9.90. The van der Waals surface area contributed by atoms with Crippen LogP contribution in [0.25, 0.3) is 0 Å². The Bertz CT molecular complexity index is 325. The zero-order valence-electron chi connectivity index (χ0n) is 8.29. The molecular formula is C13H14N. The van der Waals surface area contributed by atoms with Gasteiger partial charge in [-0.1, -0.05) is 31.2 Å². The summed E-state index contributed by atoms with van der Waals surface area (Å²) in [6.07, 6.45) is 9.40. The van der Waals surface area contributed by atoms with Crippen molar-refractivity contribution in [3.63, 3.8) is 0 Å². The summed E-state index contributed by atoms with van der Waals surface area (Å²) < 4.78 is 0. The van der Waals surface area contributed by atoms with Gasteiger partial charge in [0.2, 0.25) is 0 Å². The van der Waals surface area contributed by atoms with Gasteiger partial charge in [0.1, 0.15) is 5.69 Å². The van der Waals surface area contributed by atoms with Crippen molar-refractivity contribution in [1.82, 2.24) is 4.98 Å². The van der Waals surface area contributed by atoms with Crippen LogP contribution < -0.4 is 0 Å². The minimum Gasteiger partial charge on any atom is -0.238 e. The summed E-state index contributed by atoms with van der Waals surface area (Å²) in [5.41, 5.74) is 0.845. The highest BCUT2D eigenvalue weighted by atomic mass is 14.6. The number of hydrogen-bond donors (Lipinski definition) is 0. The van der Waals surface area contributed by atoms with E-state index in [1.54, 1.807) is 6.07 Å². The van der Waals surface area contributed by atoms with Gasteiger partial charge >= 0.3 is 0 Å². The molecule has 0 unspecified atom stereocenters. The fraction of sp³-hybridized carbons (Fsp3) is 0.462. The van der Waals surface area contributed by atoms with Crippen molar-refractivity contribution < 1.29 is 0 Å². The normalized spacial score (nSPS) is 17.1. The van der Waals surface area contributed by atoms with Crippen LogP contribution in [0.4, 0.5) is 0 Å². The average Bonchev–Trinajstić information content (AvgIpc) is 2.29. The third-order valence-electron chi connectivity index (χ3n) is 2.62. The van der Waals surface area contributed by atoms with E-state index in [1.165, 1.54) is 32.1 Å². The second-order valence-corrected chi connectivity index (χ2v) is 3.76. The predicted octanol–water partition coefficient (Wildman–Crippen LogP) is 2.81. The van der Waals surface area contributed by atoms with E-state index in [9.17, 15) is 0 Å². The molecule has 14 heavy (non-hydrogen) atoms. The lowest BCUT2D eigenvalue weighted by molar-refractivity contribution is 0.430. The molecule has 0 amide bonds. The van der Waals surface area contributed by atoms with E-state index in [0.717, 1.165) is 5.69 Å². The first-order valence-electron chi connectivity index (χ1n) is 5.30. The lowest BCUT2D eigenvalue weighted by Crippen LogP contribution is -2.03. The van der Waals surface area contributed by atoms with Crippen LogP contribution in [0.15, 0.2) is 18.2 Å². The van der Waals surface area contributed by atoms with E-state index in [4.69, 9.17) is 0 Å². The Balaban J connectivity index is 1.99. The third-order valence-corrected chi connectivity index (χ3v) is 2.62. The maximum atomic E-state index is 4.06. The van der Waals surface area contributed by atoms with Crippen molar-refractivity contribution in [2.24, 2.45) is 5.92 Å². The maximum Gasteiger partial charge on any atom is 0.113 e. The molecule has 1 radical (unpaired) electrons. The molecule has 0 bridgehead atoms. The first-order chi connectivity index (χ1) is 6.95. The lowest BCUT2D eigenvalue weighted by Gasteiger charge is -2.15. The van der Waals surface area contributed by atoms with Gasteiger partial charge in [0.25, 0.3) is 0 Å². The van der Waals surface area contributed by atoms with Crippen molar-refractivity contribution in [1.29, 1.82) is 0 Å². The molecule has 1 aliphatic carbocycles. The number of hydrogen-bond acceptors (Lipinski definition) is 1. The summed E-state index contributed by atoms with van der Waals surface area (Å²) in [4.78, 5) is 4.06. The molecule has 1 heteroatoms. The standard InChI is InChI=1S/C13H14N/c1-2-6-12(7-3-1)9-10-13-8-4-5-11-14-13/h4-5,8,12H,1-3,6-7H2. The second kappa shape index (κ2) is 4.81. The smallest absolute Gasteiger partial charge is 0.113 e. The van der Waals surface area contributed by atoms with Crippen molar-refractivity contribution in [2.45, 2.75) is 32.1 Å². The summed E-state index contributed by atoms with van der Waals surface area (Å²) in [7, 11) is 0. The molecule has 0 atom stereocenters. The highest BCUT2D eigenvalue weighted by Crippen LogP contribution is 2.22. The van der Waals surface area contributed by atoms with E-state index in [1.807, 2.05) is 12.1 Å². The highest BCUT2D eigenvalue weighted by Gasteiger charge is 2.09. The Labute approximate surface area is 85.6 Å². The monoisotopic (exact) mass is 184 g/mol. The molecule has 1 heterocycles. The molecule has 2 rings (SSSR count).